The summed E-state index contributed by atoms with van der Waals surface area (Å²) in [4.78, 5) is 7.27. The zero-order chi connectivity index (χ0) is 18.3. The number of hydrogen-bond acceptors (Lipinski definition) is 4. The highest BCUT2D eigenvalue weighted by atomic mass is 127. The molecular formula is C17H36IN5O2S. The molecule has 2 aliphatic heterocycles. The Hall–Kier alpha value is -0.130. The molecule has 154 valence electrons. The summed E-state index contributed by atoms with van der Waals surface area (Å²) >= 11 is 0. The molecule has 0 aromatic rings. The Kier molecular flexibility index (Phi) is 10.1. The van der Waals surface area contributed by atoms with Crippen LogP contribution >= 0.6 is 24.0 Å². The van der Waals surface area contributed by atoms with Gasteiger partial charge in [-0.1, -0.05) is 6.42 Å². The van der Waals surface area contributed by atoms with Crippen molar-refractivity contribution in [2.45, 2.75) is 52.0 Å². The van der Waals surface area contributed by atoms with Crippen LogP contribution in [0.1, 0.15) is 46.5 Å². The van der Waals surface area contributed by atoms with Crippen molar-refractivity contribution in [1.29, 1.82) is 0 Å². The van der Waals surface area contributed by atoms with E-state index in [1.807, 2.05) is 6.92 Å². The number of halogens is 1. The van der Waals surface area contributed by atoms with Crippen molar-refractivity contribution in [2.75, 3.05) is 51.6 Å². The highest BCUT2D eigenvalue weighted by Gasteiger charge is 2.28. The van der Waals surface area contributed by atoms with Crippen molar-refractivity contribution in [3.8, 4) is 0 Å². The minimum Gasteiger partial charge on any atom is -0.357 e. The van der Waals surface area contributed by atoms with Crippen molar-refractivity contribution in [3.05, 3.63) is 0 Å². The Balaban J connectivity index is 0.00000338. The molecule has 0 saturated carbocycles. The second kappa shape index (κ2) is 11.0. The third-order valence-electron chi connectivity index (χ3n) is 5.04. The van der Waals surface area contributed by atoms with Crippen LogP contribution in [0.3, 0.4) is 0 Å². The summed E-state index contributed by atoms with van der Waals surface area (Å²) in [5.41, 5.74) is 0.0427. The second-order valence-electron chi connectivity index (χ2n) is 7.55. The molecular weight excluding hydrogens is 465 g/mol. The van der Waals surface area contributed by atoms with E-state index >= 15 is 0 Å². The summed E-state index contributed by atoms with van der Waals surface area (Å²) in [6.45, 7) is 12.1. The van der Waals surface area contributed by atoms with E-state index in [0.29, 0.717) is 19.6 Å². The highest BCUT2D eigenvalue weighted by Crippen LogP contribution is 2.20. The van der Waals surface area contributed by atoms with E-state index in [-0.39, 0.29) is 35.3 Å². The number of piperidine rings is 1. The first-order chi connectivity index (χ1) is 11.8. The summed E-state index contributed by atoms with van der Waals surface area (Å²) in [6.07, 6.45) is 4.62. The number of guanidine groups is 1. The third kappa shape index (κ3) is 7.12. The molecule has 0 aromatic carbocycles. The molecule has 9 heteroatoms. The average molecular weight is 501 g/mol. The highest BCUT2D eigenvalue weighted by molar-refractivity contribution is 14.0. The fourth-order valence-corrected chi connectivity index (χ4v) is 4.98. The Labute approximate surface area is 176 Å². The monoisotopic (exact) mass is 501 g/mol. The maximum absolute atomic E-state index is 11.8. The summed E-state index contributed by atoms with van der Waals surface area (Å²) in [5, 5.41) is 6.53. The maximum atomic E-state index is 11.8. The van der Waals surface area contributed by atoms with Gasteiger partial charge in [-0.2, -0.15) is 0 Å². The van der Waals surface area contributed by atoms with Crippen molar-refractivity contribution in [1.82, 2.24) is 19.8 Å². The molecule has 0 spiro atoms. The predicted molar refractivity (Wildman–Crippen MR) is 119 cm³/mol. The van der Waals surface area contributed by atoms with Gasteiger partial charge >= 0.3 is 0 Å². The number of nitrogens with one attached hydrogen (secondary N) is 2. The van der Waals surface area contributed by atoms with Crippen LogP contribution in [0.25, 0.3) is 0 Å². The molecule has 0 aromatic heterocycles. The zero-order valence-electron chi connectivity index (χ0n) is 16.5. The van der Waals surface area contributed by atoms with E-state index in [4.69, 9.17) is 4.99 Å². The van der Waals surface area contributed by atoms with Crippen molar-refractivity contribution >= 4 is 40.0 Å². The summed E-state index contributed by atoms with van der Waals surface area (Å²) in [6, 6.07) is 0. The third-order valence-corrected chi connectivity index (χ3v) is 6.99. The van der Waals surface area contributed by atoms with Gasteiger partial charge in [0.1, 0.15) is 0 Å². The molecule has 2 heterocycles. The lowest BCUT2D eigenvalue weighted by molar-refractivity contribution is 0.102. The van der Waals surface area contributed by atoms with Crippen LogP contribution in [-0.2, 0) is 10.0 Å². The first-order valence-electron chi connectivity index (χ1n) is 9.60. The smallest absolute Gasteiger partial charge is 0.214 e. The van der Waals surface area contributed by atoms with Gasteiger partial charge in [-0.15, -0.1) is 24.0 Å². The molecule has 26 heavy (non-hydrogen) atoms. The number of rotatable bonds is 7. The first-order valence-corrected chi connectivity index (χ1v) is 11.2. The molecule has 2 aliphatic rings. The van der Waals surface area contributed by atoms with Gasteiger partial charge < -0.3 is 10.6 Å². The maximum Gasteiger partial charge on any atom is 0.214 e. The van der Waals surface area contributed by atoms with Crippen LogP contribution in [-0.4, -0.2) is 80.7 Å². The molecule has 2 fully saturated rings. The summed E-state index contributed by atoms with van der Waals surface area (Å²) in [5.74, 6) is 1.05. The molecule has 2 saturated heterocycles. The molecule has 0 aliphatic carbocycles. The number of hydrogen-bond donors (Lipinski definition) is 2. The van der Waals surface area contributed by atoms with Gasteiger partial charge in [-0.25, -0.2) is 12.7 Å². The standard InChI is InChI=1S/C17H35N5O2S.HI/c1-4-18-16(19-9-13-22-12-8-14-25(22,23)24)20-15-17(2,3)21-10-6-5-7-11-21;/h4-15H2,1-3H3,(H2,18,19,20);1H. The molecule has 0 amide bonds. The lowest BCUT2D eigenvalue weighted by Gasteiger charge is -2.40. The largest absolute Gasteiger partial charge is 0.357 e. The lowest BCUT2D eigenvalue weighted by atomic mass is 9.99. The average Bonchev–Trinajstić information content (AvgIpc) is 2.92. The molecule has 0 unspecified atom stereocenters. The SMILES string of the molecule is CCNC(=NCC(C)(C)N1CCCCC1)NCCN1CCCS1(=O)=O.I. The normalized spacial score (nSPS) is 22.0. The van der Waals surface area contributed by atoms with Gasteiger partial charge in [0.15, 0.2) is 5.96 Å². The Morgan fingerprint density at radius 3 is 2.35 bits per heavy atom. The molecule has 2 rings (SSSR count). The zero-order valence-corrected chi connectivity index (χ0v) is 19.6. The molecule has 0 atom stereocenters. The minimum atomic E-state index is -3.02. The van der Waals surface area contributed by atoms with E-state index in [2.05, 4.69) is 29.4 Å². The molecule has 0 bridgehead atoms. The van der Waals surface area contributed by atoms with Gasteiger partial charge in [0.05, 0.1) is 12.3 Å². The molecule has 7 nitrogen and oxygen atoms in total. The minimum absolute atomic E-state index is 0. The Morgan fingerprint density at radius 2 is 1.77 bits per heavy atom. The topological polar surface area (TPSA) is 77.0 Å². The van der Waals surface area contributed by atoms with Crippen LogP contribution < -0.4 is 10.6 Å². The van der Waals surface area contributed by atoms with E-state index < -0.39 is 10.0 Å². The van der Waals surface area contributed by atoms with E-state index in [0.717, 1.165) is 38.6 Å². The van der Waals surface area contributed by atoms with Gasteiger partial charge in [0.25, 0.3) is 0 Å². The molecule has 2 N–H and O–H groups in total. The van der Waals surface area contributed by atoms with Crippen LogP contribution in [0.15, 0.2) is 4.99 Å². The van der Waals surface area contributed by atoms with Crippen molar-refractivity contribution < 1.29 is 8.42 Å². The van der Waals surface area contributed by atoms with Crippen LogP contribution in [0.2, 0.25) is 0 Å². The number of likely N-dealkylation sites (tertiary alicyclic amines) is 1. The van der Waals surface area contributed by atoms with Crippen LogP contribution in [0.5, 0.6) is 0 Å². The fraction of sp³-hybridized carbons (Fsp3) is 0.941. The number of nitrogens with zero attached hydrogens (tertiary/aromatic N) is 3. The Bertz CT molecular complexity index is 547. The van der Waals surface area contributed by atoms with E-state index in [1.165, 1.54) is 19.3 Å². The lowest BCUT2D eigenvalue weighted by Crippen LogP contribution is -2.50. The van der Waals surface area contributed by atoms with E-state index in [1.54, 1.807) is 4.31 Å². The van der Waals surface area contributed by atoms with Gasteiger partial charge in [-0.3, -0.25) is 9.89 Å². The van der Waals surface area contributed by atoms with Gasteiger partial charge in [0, 0.05) is 31.7 Å². The predicted octanol–water partition coefficient (Wildman–Crippen LogP) is 1.46. The fourth-order valence-electron chi connectivity index (χ4n) is 3.45. The van der Waals surface area contributed by atoms with Crippen LogP contribution in [0, 0.1) is 0 Å². The van der Waals surface area contributed by atoms with E-state index in [9.17, 15) is 8.42 Å². The summed E-state index contributed by atoms with van der Waals surface area (Å²) < 4.78 is 25.3. The van der Waals surface area contributed by atoms with Gasteiger partial charge in [0.2, 0.25) is 10.0 Å². The Morgan fingerprint density at radius 1 is 1.08 bits per heavy atom. The van der Waals surface area contributed by atoms with Crippen LogP contribution in [0.4, 0.5) is 0 Å². The number of sulfonamides is 1. The van der Waals surface area contributed by atoms with Gasteiger partial charge in [-0.05, 0) is 53.1 Å². The summed E-state index contributed by atoms with van der Waals surface area (Å²) in [7, 11) is -3.02. The second-order valence-corrected chi connectivity index (χ2v) is 9.64. The molecule has 0 radical (unpaired) electrons. The van der Waals surface area contributed by atoms with Crippen molar-refractivity contribution in [2.24, 2.45) is 4.99 Å². The van der Waals surface area contributed by atoms with Crippen molar-refractivity contribution in [3.63, 3.8) is 0 Å². The quantitative estimate of drug-likeness (QED) is 0.314. The first kappa shape index (κ1) is 23.9. The number of aliphatic imine (C=N–C) groups is 1.